The minimum absolute atomic E-state index is 0. The van der Waals surface area contributed by atoms with Gasteiger partial charge in [0, 0.05) is 31.4 Å². The number of piperidine rings is 1. The number of carbonyl (C=O) groups excluding carboxylic acids is 2. The second-order valence-corrected chi connectivity index (χ2v) is 7.00. The van der Waals surface area contributed by atoms with E-state index in [1.165, 1.54) is 0 Å². The summed E-state index contributed by atoms with van der Waals surface area (Å²) < 4.78 is 5.43. The van der Waals surface area contributed by atoms with Crippen molar-refractivity contribution in [2.75, 3.05) is 31.6 Å². The highest BCUT2D eigenvalue weighted by molar-refractivity contribution is 6.34. The van der Waals surface area contributed by atoms with E-state index in [1.54, 1.807) is 18.2 Å². The largest absolute Gasteiger partial charge is 0.366 e. The molecule has 2 saturated heterocycles. The first kappa shape index (κ1) is 21.0. The van der Waals surface area contributed by atoms with Crippen LogP contribution in [0.15, 0.2) is 18.2 Å². The Kier molecular flexibility index (Phi) is 7.70. The lowest BCUT2D eigenvalue weighted by Crippen LogP contribution is -2.45. The average Bonchev–Trinajstić information content (AvgIpc) is 2.62. The van der Waals surface area contributed by atoms with E-state index >= 15 is 0 Å². The van der Waals surface area contributed by atoms with E-state index in [0.717, 1.165) is 32.4 Å². The summed E-state index contributed by atoms with van der Waals surface area (Å²) in [6, 6.07) is 5.24. The highest BCUT2D eigenvalue weighted by Gasteiger charge is 2.26. The number of hydrogen-bond donors (Lipinski definition) is 2. The molecular weight excluding hydrogens is 377 g/mol. The van der Waals surface area contributed by atoms with Crippen molar-refractivity contribution in [3.05, 3.63) is 28.8 Å². The second kappa shape index (κ2) is 9.55. The van der Waals surface area contributed by atoms with E-state index in [9.17, 15) is 9.59 Å². The van der Waals surface area contributed by atoms with E-state index in [-0.39, 0.29) is 30.3 Å². The van der Waals surface area contributed by atoms with E-state index in [0.29, 0.717) is 29.4 Å². The van der Waals surface area contributed by atoms with Gasteiger partial charge in [0.15, 0.2) is 0 Å². The van der Waals surface area contributed by atoms with Crippen LogP contribution < -0.4 is 10.6 Å². The first-order valence-electron chi connectivity index (χ1n) is 8.80. The van der Waals surface area contributed by atoms with E-state index < -0.39 is 6.10 Å². The molecule has 0 aliphatic carbocycles. The highest BCUT2D eigenvalue weighted by Crippen LogP contribution is 2.26. The van der Waals surface area contributed by atoms with Crippen LogP contribution in [0.1, 0.15) is 36.5 Å². The predicted octanol–water partition coefficient (Wildman–Crippen LogP) is 2.70. The summed E-state index contributed by atoms with van der Waals surface area (Å²) in [5, 5.41) is 6.26. The minimum Gasteiger partial charge on any atom is -0.366 e. The zero-order valence-corrected chi connectivity index (χ0v) is 16.4. The maximum atomic E-state index is 12.7. The molecular formula is C18H25Cl2N3O3. The molecule has 1 aromatic carbocycles. The molecule has 2 N–H and O–H groups in total. The zero-order chi connectivity index (χ0) is 17.8. The van der Waals surface area contributed by atoms with Crippen molar-refractivity contribution in [3.8, 4) is 0 Å². The summed E-state index contributed by atoms with van der Waals surface area (Å²) in [6.07, 6.45) is 2.69. The number of rotatable bonds is 3. The fraction of sp³-hybridized carbons (Fsp3) is 0.556. The Morgan fingerprint density at radius 3 is 2.81 bits per heavy atom. The zero-order valence-electron chi connectivity index (χ0n) is 14.8. The van der Waals surface area contributed by atoms with Gasteiger partial charge in [-0.1, -0.05) is 11.6 Å². The van der Waals surface area contributed by atoms with Crippen molar-refractivity contribution in [1.29, 1.82) is 0 Å². The SMILES string of the molecule is CC1CCCCN1C(=O)c1ccc(NC(=O)C2CNCCO2)cc1Cl.Cl. The Balaban J connectivity index is 0.00000243. The standard InChI is InChI=1S/C18H24ClN3O3.ClH/c1-12-4-2-3-8-22(12)18(24)14-6-5-13(10-15(14)19)21-17(23)16-11-20-7-9-25-16;/h5-6,10,12,16,20H,2-4,7-9,11H2,1H3,(H,21,23);1H. The molecule has 2 aliphatic heterocycles. The number of halogens is 2. The number of amides is 2. The molecule has 1 aromatic rings. The van der Waals surface area contributed by atoms with Crippen molar-refractivity contribution >= 4 is 41.5 Å². The van der Waals surface area contributed by atoms with Crippen LogP contribution in [0.4, 0.5) is 5.69 Å². The first-order chi connectivity index (χ1) is 12.1. The van der Waals surface area contributed by atoms with Crippen LogP contribution in [0.2, 0.25) is 5.02 Å². The quantitative estimate of drug-likeness (QED) is 0.816. The van der Waals surface area contributed by atoms with Crippen molar-refractivity contribution in [2.24, 2.45) is 0 Å². The third-order valence-corrected chi connectivity index (χ3v) is 5.06. The van der Waals surface area contributed by atoms with Crippen LogP contribution in [0, 0.1) is 0 Å². The Labute approximate surface area is 165 Å². The number of ether oxygens (including phenoxy) is 1. The molecule has 144 valence electrons. The van der Waals surface area contributed by atoms with Gasteiger partial charge in [-0.15, -0.1) is 12.4 Å². The summed E-state index contributed by atoms with van der Waals surface area (Å²) in [5.41, 5.74) is 1.04. The summed E-state index contributed by atoms with van der Waals surface area (Å²) in [4.78, 5) is 26.8. The Bertz CT molecular complexity index is 651. The Morgan fingerprint density at radius 1 is 1.35 bits per heavy atom. The van der Waals surface area contributed by atoms with Crippen LogP contribution in [-0.4, -0.2) is 55.1 Å². The van der Waals surface area contributed by atoms with Crippen molar-refractivity contribution < 1.29 is 14.3 Å². The molecule has 0 aromatic heterocycles. The topological polar surface area (TPSA) is 70.7 Å². The minimum atomic E-state index is -0.511. The van der Waals surface area contributed by atoms with Gasteiger partial charge in [0.05, 0.1) is 17.2 Å². The molecule has 6 nitrogen and oxygen atoms in total. The lowest BCUT2D eigenvalue weighted by Gasteiger charge is -2.33. The number of nitrogens with zero attached hydrogens (tertiary/aromatic N) is 1. The third kappa shape index (κ3) is 4.88. The molecule has 2 atom stereocenters. The van der Waals surface area contributed by atoms with Crippen molar-refractivity contribution in [1.82, 2.24) is 10.2 Å². The van der Waals surface area contributed by atoms with Crippen LogP contribution in [0.25, 0.3) is 0 Å². The molecule has 2 fully saturated rings. The number of likely N-dealkylation sites (tertiary alicyclic amines) is 1. The van der Waals surface area contributed by atoms with Crippen LogP contribution in [0.5, 0.6) is 0 Å². The number of carbonyl (C=O) groups is 2. The summed E-state index contributed by atoms with van der Waals surface area (Å²) in [7, 11) is 0. The number of nitrogens with one attached hydrogen (secondary N) is 2. The van der Waals surface area contributed by atoms with Gasteiger partial charge in [-0.2, -0.15) is 0 Å². The molecule has 0 bridgehead atoms. The molecule has 2 aliphatic rings. The molecule has 8 heteroatoms. The second-order valence-electron chi connectivity index (χ2n) is 6.59. The van der Waals surface area contributed by atoms with Crippen molar-refractivity contribution in [3.63, 3.8) is 0 Å². The summed E-state index contributed by atoms with van der Waals surface area (Å²) >= 11 is 6.32. The molecule has 0 spiro atoms. The molecule has 26 heavy (non-hydrogen) atoms. The van der Waals surface area contributed by atoms with E-state index in [4.69, 9.17) is 16.3 Å². The normalized spacial score (nSPS) is 23.1. The van der Waals surface area contributed by atoms with Crippen LogP contribution >= 0.6 is 24.0 Å². The van der Waals surface area contributed by atoms with Gasteiger partial charge in [0.25, 0.3) is 11.8 Å². The molecule has 0 saturated carbocycles. The van der Waals surface area contributed by atoms with Gasteiger partial charge in [0.1, 0.15) is 6.10 Å². The van der Waals surface area contributed by atoms with Crippen LogP contribution in [-0.2, 0) is 9.53 Å². The monoisotopic (exact) mass is 401 g/mol. The summed E-state index contributed by atoms with van der Waals surface area (Å²) in [5.74, 6) is -0.262. The van der Waals surface area contributed by atoms with E-state index in [1.807, 2.05) is 4.90 Å². The van der Waals surface area contributed by atoms with Crippen LogP contribution in [0.3, 0.4) is 0 Å². The van der Waals surface area contributed by atoms with Gasteiger partial charge in [-0.25, -0.2) is 0 Å². The first-order valence-corrected chi connectivity index (χ1v) is 9.18. The molecule has 2 unspecified atom stereocenters. The fourth-order valence-corrected chi connectivity index (χ4v) is 3.54. The van der Waals surface area contributed by atoms with Gasteiger partial charge in [-0.05, 0) is 44.4 Å². The number of hydrogen-bond acceptors (Lipinski definition) is 4. The fourth-order valence-electron chi connectivity index (χ4n) is 3.28. The predicted molar refractivity (Wildman–Crippen MR) is 104 cm³/mol. The lowest BCUT2D eigenvalue weighted by atomic mass is 10.0. The third-order valence-electron chi connectivity index (χ3n) is 4.75. The van der Waals surface area contributed by atoms with Crippen molar-refractivity contribution in [2.45, 2.75) is 38.3 Å². The number of anilines is 1. The van der Waals surface area contributed by atoms with Gasteiger partial charge >= 0.3 is 0 Å². The molecule has 2 amide bonds. The van der Waals surface area contributed by atoms with Gasteiger partial charge in [0.2, 0.25) is 0 Å². The Morgan fingerprint density at radius 2 is 2.15 bits per heavy atom. The molecule has 0 radical (unpaired) electrons. The number of morpholine rings is 1. The number of benzene rings is 1. The lowest BCUT2D eigenvalue weighted by molar-refractivity contribution is -0.128. The van der Waals surface area contributed by atoms with Gasteiger partial charge < -0.3 is 20.3 Å². The summed E-state index contributed by atoms with van der Waals surface area (Å²) in [6.45, 7) is 4.59. The highest BCUT2D eigenvalue weighted by atomic mass is 35.5. The van der Waals surface area contributed by atoms with E-state index in [2.05, 4.69) is 17.6 Å². The maximum Gasteiger partial charge on any atom is 0.255 e. The van der Waals surface area contributed by atoms with Gasteiger partial charge in [-0.3, -0.25) is 9.59 Å². The smallest absolute Gasteiger partial charge is 0.255 e. The Hall–Kier alpha value is -1.34. The maximum absolute atomic E-state index is 12.7. The molecule has 3 rings (SSSR count). The molecule has 2 heterocycles. The average molecular weight is 402 g/mol.